The lowest BCUT2D eigenvalue weighted by Crippen LogP contribution is -2.43. The fourth-order valence-electron chi connectivity index (χ4n) is 0.997. The largest absolute Gasteiger partial charge is 0.480 e. The topological polar surface area (TPSA) is 49.3 Å². The summed E-state index contributed by atoms with van der Waals surface area (Å²) in [5, 5.41) is 11.9. The second-order valence-electron chi connectivity index (χ2n) is 4.82. The maximum absolute atomic E-state index is 10.8. The van der Waals surface area contributed by atoms with Gasteiger partial charge in [-0.3, -0.25) is 4.79 Å². The van der Waals surface area contributed by atoms with Crippen molar-refractivity contribution in [1.29, 1.82) is 0 Å². The SMILES string of the molecule is CCC(NCC(C)(C)C(C)C)C(=O)O. The average molecular weight is 201 g/mol. The van der Waals surface area contributed by atoms with E-state index in [1.165, 1.54) is 0 Å². The van der Waals surface area contributed by atoms with E-state index in [2.05, 4.69) is 33.0 Å². The van der Waals surface area contributed by atoms with Gasteiger partial charge >= 0.3 is 5.97 Å². The van der Waals surface area contributed by atoms with E-state index in [9.17, 15) is 4.79 Å². The Morgan fingerprint density at radius 2 is 1.93 bits per heavy atom. The van der Waals surface area contributed by atoms with Crippen LogP contribution >= 0.6 is 0 Å². The van der Waals surface area contributed by atoms with E-state index < -0.39 is 12.0 Å². The molecule has 3 heteroatoms. The van der Waals surface area contributed by atoms with Gasteiger partial charge < -0.3 is 10.4 Å². The highest BCUT2D eigenvalue weighted by Gasteiger charge is 2.24. The summed E-state index contributed by atoms with van der Waals surface area (Å²) in [5.74, 6) is -0.214. The van der Waals surface area contributed by atoms with Gasteiger partial charge in [-0.1, -0.05) is 34.6 Å². The summed E-state index contributed by atoms with van der Waals surface area (Å²) >= 11 is 0. The minimum absolute atomic E-state index is 0.142. The standard InChI is InChI=1S/C11H23NO2/c1-6-9(10(13)14)12-7-11(4,5)8(2)3/h8-9,12H,6-7H2,1-5H3,(H,13,14). The molecule has 1 unspecified atom stereocenters. The zero-order valence-corrected chi connectivity index (χ0v) is 9.92. The van der Waals surface area contributed by atoms with Crippen molar-refractivity contribution in [3.8, 4) is 0 Å². The van der Waals surface area contributed by atoms with E-state index >= 15 is 0 Å². The molecule has 2 N–H and O–H groups in total. The Hall–Kier alpha value is -0.570. The van der Waals surface area contributed by atoms with Gasteiger partial charge in [-0.15, -0.1) is 0 Å². The number of carboxylic acids is 1. The van der Waals surface area contributed by atoms with E-state index in [0.29, 0.717) is 12.3 Å². The fraction of sp³-hybridized carbons (Fsp3) is 0.909. The smallest absolute Gasteiger partial charge is 0.320 e. The highest BCUT2D eigenvalue weighted by molar-refractivity contribution is 5.73. The first-order chi connectivity index (χ1) is 6.31. The molecule has 0 amide bonds. The lowest BCUT2D eigenvalue weighted by Gasteiger charge is -2.30. The summed E-state index contributed by atoms with van der Waals surface area (Å²) in [4.78, 5) is 10.8. The molecule has 0 aromatic rings. The van der Waals surface area contributed by atoms with Crippen LogP contribution in [0.5, 0.6) is 0 Å². The van der Waals surface area contributed by atoms with Crippen molar-refractivity contribution in [2.24, 2.45) is 11.3 Å². The summed E-state index contributed by atoms with van der Waals surface area (Å²) in [5.41, 5.74) is 0.142. The van der Waals surface area contributed by atoms with Crippen LogP contribution in [0.25, 0.3) is 0 Å². The molecule has 0 saturated heterocycles. The fourth-order valence-corrected chi connectivity index (χ4v) is 0.997. The van der Waals surface area contributed by atoms with Gasteiger partial charge in [-0.25, -0.2) is 0 Å². The first kappa shape index (κ1) is 13.4. The Balaban J connectivity index is 4.09. The third-order valence-corrected chi connectivity index (χ3v) is 3.07. The number of carbonyl (C=O) groups is 1. The van der Waals surface area contributed by atoms with Crippen LogP contribution in [-0.2, 0) is 4.79 Å². The Kier molecular flexibility index (Phi) is 5.13. The van der Waals surface area contributed by atoms with E-state index in [1.807, 2.05) is 6.92 Å². The van der Waals surface area contributed by atoms with E-state index in [0.717, 1.165) is 6.54 Å². The van der Waals surface area contributed by atoms with Crippen LogP contribution in [0.2, 0.25) is 0 Å². The summed E-state index contributed by atoms with van der Waals surface area (Å²) in [6, 6.07) is -0.409. The Morgan fingerprint density at radius 3 is 2.21 bits per heavy atom. The molecule has 0 aromatic heterocycles. The number of hydrogen-bond acceptors (Lipinski definition) is 2. The maximum atomic E-state index is 10.8. The molecule has 0 aliphatic heterocycles. The molecule has 0 aliphatic carbocycles. The van der Waals surface area contributed by atoms with Gasteiger partial charge in [0.25, 0.3) is 0 Å². The Morgan fingerprint density at radius 1 is 1.43 bits per heavy atom. The number of nitrogens with one attached hydrogen (secondary N) is 1. The molecule has 0 rings (SSSR count). The molecule has 3 nitrogen and oxygen atoms in total. The second-order valence-corrected chi connectivity index (χ2v) is 4.82. The number of aliphatic carboxylic acids is 1. The van der Waals surface area contributed by atoms with Crippen LogP contribution < -0.4 is 5.32 Å². The molecular weight excluding hydrogens is 178 g/mol. The monoisotopic (exact) mass is 201 g/mol. The molecule has 14 heavy (non-hydrogen) atoms. The summed E-state index contributed by atoms with van der Waals surface area (Å²) in [6.07, 6.45) is 0.628. The highest BCUT2D eigenvalue weighted by atomic mass is 16.4. The quantitative estimate of drug-likeness (QED) is 0.692. The van der Waals surface area contributed by atoms with Gasteiger partial charge in [0.1, 0.15) is 6.04 Å². The van der Waals surface area contributed by atoms with Gasteiger partial charge in [-0.05, 0) is 17.8 Å². The van der Waals surface area contributed by atoms with Gasteiger partial charge in [0.05, 0.1) is 0 Å². The van der Waals surface area contributed by atoms with Crippen molar-refractivity contribution < 1.29 is 9.90 Å². The molecule has 0 aromatic carbocycles. The normalized spacial score (nSPS) is 14.4. The molecular formula is C11H23NO2. The summed E-state index contributed by atoms with van der Waals surface area (Å²) in [6.45, 7) is 11.2. The number of hydrogen-bond donors (Lipinski definition) is 2. The molecule has 0 spiro atoms. The lowest BCUT2D eigenvalue weighted by atomic mass is 9.81. The maximum Gasteiger partial charge on any atom is 0.320 e. The van der Waals surface area contributed by atoms with Crippen molar-refractivity contribution in [3.63, 3.8) is 0 Å². The van der Waals surface area contributed by atoms with Crippen molar-refractivity contribution >= 4 is 5.97 Å². The van der Waals surface area contributed by atoms with Crippen molar-refractivity contribution in [1.82, 2.24) is 5.32 Å². The van der Waals surface area contributed by atoms with Crippen LogP contribution in [0.4, 0.5) is 0 Å². The number of carboxylic acid groups (broad SMARTS) is 1. The van der Waals surface area contributed by atoms with Gasteiger partial charge in [0.15, 0.2) is 0 Å². The van der Waals surface area contributed by atoms with E-state index in [1.54, 1.807) is 0 Å². The summed E-state index contributed by atoms with van der Waals surface area (Å²) < 4.78 is 0. The molecule has 0 saturated carbocycles. The molecule has 84 valence electrons. The summed E-state index contributed by atoms with van der Waals surface area (Å²) in [7, 11) is 0. The Labute approximate surface area is 86.9 Å². The van der Waals surface area contributed by atoms with E-state index in [4.69, 9.17) is 5.11 Å². The molecule has 1 atom stereocenters. The first-order valence-corrected chi connectivity index (χ1v) is 5.27. The van der Waals surface area contributed by atoms with Crippen molar-refractivity contribution in [2.75, 3.05) is 6.54 Å². The zero-order valence-electron chi connectivity index (χ0n) is 9.92. The first-order valence-electron chi connectivity index (χ1n) is 5.27. The van der Waals surface area contributed by atoms with Crippen LogP contribution in [0.15, 0.2) is 0 Å². The van der Waals surface area contributed by atoms with Gasteiger partial charge in [0, 0.05) is 6.54 Å². The predicted molar refractivity (Wildman–Crippen MR) is 58.3 cm³/mol. The third kappa shape index (κ3) is 4.09. The average Bonchev–Trinajstić information content (AvgIpc) is 2.04. The highest BCUT2D eigenvalue weighted by Crippen LogP contribution is 2.24. The number of rotatable bonds is 6. The minimum Gasteiger partial charge on any atom is -0.480 e. The van der Waals surface area contributed by atoms with Crippen LogP contribution in [-0.4, -0.2) is 23.7 Å². The molecule has 0 radical (unpaired) electrons. The van der Waals surface area contributed by atoms with Gasteiger partial charge in [-0.2, -0.15) is 0 Å². The van der Waals surface area contributed by atoms with Crippen LogP contribution in [0.1, 0.15) is 41.0 Å². The van der Waals surface area contributed by atoms with Crippen LogP contribution in [0.3, 0.4) is 0 Å². The minimum atomic E-state index is -0.757. The Bertz CT molecular complexity index is 188. The second kappa shape index (κ2) is 5.35. The molecule has 0 fully saturated rings. The molecule has 0 heterocycles. The third-order valence-electron chi connectivity index (χ3n) is 3.07. The van der Waals surface area contributed by atoms with Crippen molar-refractivity contribution in [3.05, 3.63) is 0 Å². The van der Waals surface area contributed by atoms with Gasteiger partial charge in [0.2, 0.25) is 0 Å². The predicted octanol–water partition coefficient (Wildman–Crippen LogP) is 2.12. The van der Waals surface area contributed by atoms with E-state index in [-0.39, 0.29) is 5.41 Å². The molecule has 0 aliphatic rings. The van der Waals surface area contributed by atoms with Crippen molar-refractivity contribution in [2.45, 2.75) is 47.1 Å². The zero-order chi connectivity index (χ0) is 11.4. The van der Waals surface area contributed by atoms with Crippen LogP contribution in [0, 0.1) is 11.3 Å². The molecule has 0 bridgehead atoms. The lowest BCUT2D eigenvalue weighted by molar-refractivity contribution is -0.139.